The number of carbonyl (C=O) groups excluding carboxylic acids is 1. The summed E-state index contributed by atoms with van der Waals surface area (Å²) in [6.45, 7) is 1.24. The topological polar surface area (TPSA) is 129 Å². The largest absolute Gasteiger partial charge is 0.504 e. The number of pyridine rings is 2. The quantitative estimate of drug-likeness (QED) is 0.469. The van der Waals surface area contributed by atoms with Gasteiger partial charge in [0.1, 0.15) is 11.3 Å². The molecule has 4 heterocycles. The average Bonchev–Trinajstić information content (AvgIpc) is 3.23. The fraction of sp³-hybridized carbons (Fsp3) is 0.150. The number of nitrogens with zero attached hydrogens (tertiary/aromatic N) is 5. The molecule has 1 saturated heterocycles. The number of aromatic hydroxyl groups is 1. The smallest absolute Gasteiger partial charge is 0.320 e. The fourth-order valence-electron chi connectivity index (χ4n) is 3.33. The standard InChI is InChI=1S/C20H17N7O3/c28-14-11-27(10-9-21-14)18-13-7-4-8-22-15(13)17(29)16(24-18)19-25-26-20(30-19)23-12-5-2-1-3-6-12/h1-8,29H,9-11H2,(H,21,28)(H,23,26). The average molecular weight is 403 g/mol. The second-order valence-corrected chi connectivity index (χ2v) is 6.71. The van der Waals surface area contributed by atoms with Crippen LogP contribution in [0.25, 0.3) is 22.5 Å². The lowest BCUT2D eigenvalue weighted by Crippen LogP contribution is -2.48. The molecule has 0 spiro atoms. The molecule has 0 radical (unpaired) electrons. The summed E-state index contributed by atoms with van der Waals surface area (Å²) >= 11 is 0. The van der Waals surface area contributed by atoms with E-state index in [4.69, 9.17) is 4.42 Å². The maximum atomic E-state index is 11.9. The minimum atomic E-state index is -0.161. The van der Waals surface area contributed by atoms with Crippen LogP contribution in [0.15, 0.2) is 53.1 Å². The Bertz CT molecular complexity index is 1230. The van der Waals surface area contributed by atoms with Crippen molar-refractivity contribution < 1.29 is 14.3 Å². The van der Waals surface area contributed by atoms with Crippen LogP contribution in [0, 0.1) is 0 Å². The van der Waals surface area contributed by atoms with Gasteiger partial charge in [0.25, 0.3) is 5.89 Å². The molecule has 0 atom stereocenters. The van der Waals surface area contributed by atoms with Crippen molar-refractivity contribution in [3.8, 4) is 17.3 Å². The van der Waals surface area contributed by atoms with Crippen molar-refractivity contribution >= 4 is 34.3 Å². The molecule has 1 fully saturated rings. The number of hydrogen-bond donors (Lipinski definition) is 3. The normalized spacial score (nSPS) is 14.0. The SMILES string of the molecule is O=C1CN(c2nc(-c3nnc(Nc4ccccc4)o3)c(O)c3ncccc23)CCN1. The van der Waals surface area contributed by atoms with Crippen molar-refractivity contribution in [2.24, 2.45) is 0 Å². The molecule has 150 valence electrons. The first-order valence-electron chi connectivity index (χ1n) is 9.34. The van der Waals surface area contributed by atoms with Crippen LogP contribution in [-0.2, 0) is 4.79 Å². The van der Waals surface area contributed by atoms with Crippen molar-refractivity contribution in [1.82, 2.24) is 25.5 Å². The zero-order chi connectivity index (χ0) is 20.5. The third-order valence-corrected chi connectivity index (χ3v) is 4.71. The summed E-state index contributed by atoms with van der Waals surface area (Å²) < 4.78 is 5.69. The van der Waals surface area contributed by atoms with Gasteiger partial charge in [-0.15, -0.1) is 5.10 Å². The predicted octanol–water partition coefficient (Wildman–Crippen LogP) is 2.07. The van der Waals surface area contributed by atoms with Gasteiger partial charge in [0.15, 0.2) is 11.4 Å². The molecule has 1 aliphatic rings. The minimum Gasteiger partial charge on any atom is -0.504 e. The van der Waals surface area contributed by atoms with E-state index in [9.17, 15) is 9.90 Å². The number of hydrogen-bond acceptors (Lipinski definition) is 9. The fourth-order valence-corrected chi connectivity index (χ4v) is 3.33. The van der Waals surface area contributed by atoms with E-state index >= 15 is 0 Å². The lowest BCUT2D eigenvalue weighted by atomic mass is 10.1. The van der Waals surface area contributed by atoms with E-state index < -0.39 is 0 Å². The molecule has 5 rings (SSSR count). The Morgan fingerprint density at radius 3 is 2.83 bits per heavy atom. The van der Waals surface area contributed by atoms with Gasteiger partial charge in [-0.3, -0.25) is 9.78 Å². The number of aromatic nitrogens is 4. The lowest BCUT2D eigenvalue weighted by Gasteiger charge is -2.28. The maximum Gasteiger partial charge on any atom is 0.320 e. The van der Waals surface area contributed by atoms with Crippen LogP contribution in [0.3, 0.4) is 0 Å². The molecule has 0 saturated carbocycles. The molecule has 1 aromatic carbocycles. The van der Waals surface area contributed by atoms with Crippen LogP contribution in [0.1, 0.15) is 0 Å². The zero-order valence-corrected chi connectivity index (χ0v) is 15.7. The van der Waals surface area contributed by atoms with E-state index in [1.807, 2.05) is 35.2 Å². The van der Waals surface area contributed by atoms with Crippen LogP contribution in [-0.4, -0.2) is 50.8 Å². The van der Waals surface area contributed by atoms with Gasteiger partial charge in [-0.1, -0.05) is 23.3 Å². The Morgan fingerprint density at radius 1 is 1.13 bits per heavy atom. The second kappa shape index (κ2) is 7.32. The van der Waals surface area contributed by atoms with E-state index in [-0.39, 0.29) is 35.8 Å². The molecule has 0 unspecified atom stereocenters. The van der Waals surface area contributed by atoms with Gasteiger partial charge in [-0.05, 0) is 24.3 Å². The number of para-hydroxylation sites is 1. The van der Waals surface area contributed by atoms with Crippen LogP contribution in [0.4, 0.5) is 17.5 Å². The Labute approximate surface area is 170 Å². The second-order valence-electron chi connectivity index (χ2n) is 6.71. The van der Waals surface area contributed by atoms with E-state index in [1.54, 1.807) is 18.3 Å². The molecule has 4 aromatic rings. The highest BCUT2D eigenvalue weighted by Crippen LogP contribution is 2.37. The summed E-state index contributed by atoms with van der Waals surface area (Å²) in [4.78, 5) is 22.6. The van der Waals surface area contributed by atoms with Crippen molar-refractivity contribution in [3.05, 3.63) is 48.7 Å². The molecule has 10 heteroatoms. The summed E-state index contributed by atoms with van der Waals surface area (Å²) in [6, 6.07) is 13.1. The van der Waals surface area contributed by atoms with Gasteiger partial charge in [-0.2, -0.15) is 0 Å². The van der Waals surface area contributed by atoms with Gasteiger partial charge in [-0.25, -0.2) is 4.98 Å². The number of benzene rings is 1. The molecule has 3 aromatic heterocycles. The molecular weight excluding hydrogens is 386 g/mol. The zero-order valence-electron chi connectivity index (χ0n) is 15.7. The summed E-state index contributed by atoms with van der Waals surface area (Å²) in [5, 5.41) is 25.2. The highest BCUT2D eigenvalue weighted by Gasteiger charge is 2.25. The number of anilines is 3. The monoisotopic (exact) mass is 403 g/mol. The summed E-state index contributed by atoms with van der Waals surface area (Å²) in [6.07, 6.45) is 1.58. The van der Waals surface area contributed by atoms with Gasteiger partial charge in [0.2, 0.25) is 5.91 Å². The summed E-state index contributed by atoms with van der Waals surface area (Å²) in [5.41, 5.74) is 1.24. The van der Waals surface area contributed by atoms with Crippen LogP contribution >= 0.6 is 0 Å². The third kappa shape index (κ3) is 3.24. The molecule has 3 N–H and O–H groups in total. The molecule has 10 nitrogen and oxygen atoms in total. The number of piperazine rings is 1. The Morgan fingerprint density at radius 2 is 2.00 bits per heavy atom. The molecule has 1 aliphatic heterocycles. The Balaban J connectivity index is 1.58. The van der Waals surface area contributed by atoms with Crippen molar-refractivity contribution in [1.29, 1.82) is 0 Å². The van der Waals surface area contributed by atoms with Crippen molar-refractivity contribution in [3.63, 3.8) is 0 Å². The number of fused-ring (bicyclic) bond motifs is 1. The number of rotatable bonds is 4. The lowest BCUT2D eigenvalue weighted by molar-refractivity contribution is -0.120. The molecule has 30 heavy (non-hydrogen) atoms. The van der Waals surface area contributed by atoms with Crippen molar-refractivity contribution in [2.75, 3.05) is 29.9 Å². The maximum absolute atomic E-state index is 11.9. The number of amides is 1. The van der Waals surface area contributed by atoms with Gasteiger partial charge >= 0.3 is 6.01 Å². The van der Waals surface area contributed by atoms with Gasteiger partial charge in [0.05, 0.1) is 6.54 Å². The first kappa shape index (κ1) is 17.9. The summed E-state index contributed by atoms with van der Waals surface area (Å²) in [7, 11) is 0. The van der Waals surface area contributed by atoms with Crippen molar-refractivity contribution in [2.45, 2.75) is 0 Å². The van der Waals surface area contributed by atoms with E-state index in [0.29, 0.717) is 29.8 Å². The minimum absolute atomic E-state index is 0.0428. The highest BCUT2D eigenvalue weighted by atomic mass is 16.4. The van der Waals surface area contributed by atoms with E-state index in [2.05, 4.69) is 30.8 Å². The molecule has 0 aliphatic carbocycles. The molecule has 0 bridgehead atoms. The highest BCUT2D eigenvalue weighted by molar-refractivity contribution is 5.98. The number of carbonyl (C=O) groups is 1. The first-order valence-corrected chi connectivity index (χ1v) is 9.34. The molecular formula is C20H17N7O3. The van der Waals surface area contributed by atoms with Crippen LogP contribution in [0.5, 0.6) is 5.75 Å². The van der Waals surface area contributed by atoms with Crippen LogP contribution < -0.4 is 15.5 Å². The predicted molar refractivity (Wildman–Crippen MR) is 109 cm³/mol. The van der Waals surface area contributed by atoms with Crippen LogP contribution in [0.2, 0.25) is 0 Å². The first-order chi connectivity index (χ1) is 14.7. The Kier molecular flexibility index (Phi) is 4.36. The van der Waals surface area contributed by atoms with Gasteiger partial charge in [0, 0.05) is 30.4 Å². The Hall–Kier alpha value is -4.21. The van der Waals surface area contributed by atoms with E-state index in [1.165, 1.54) is 0 Å². The molecule has 1 amide bonds. The third-order valence-electron chi connectivity index (χ3n) is 4.71. The summed E-state index contributed by atoms with van der Waals surface area (Å²) in [5.74, 6) is 0.310. The van der Waals surface area contributed by atoms with Gasteiger partial charge < -0.3 is 25.1 Å². The number of nitrogens with one attached hydrogen (secondary N) is 2. The van der Waals surface area contributed by atoms with E-state index in [0.717, 1.165) is 5.69 Å².